The Morgan fingerprint density at radius 2 is 1.86 bits per heavy atom. The quantitative estimate of drug-likeness (QED) is 0.511. The third kappa shape index (κ3) is 2.69. The van der Waals surface area contributed by atoms with E-state index < -0.39 is 0 Å². The first-order valence-electron chi connectivity index (χ1n) is 6.25. The maximum atomic E-state index is 12.6. The fourth-order valence-electron chi connectivity index (χ4n) is 2.26. The van der Waals surface area contributed by atoms with Crippen LogP contribution in [0.1, 0.15) is 15.9 Å². The zero-order chi connectivity index (χ0) is 15.0. The van der Waals surface area contributed by atoms with Crippen molar-refractivity contribution >= 4 is 51.6 Å². The van der Waals surface area contributed by atoms with Gasteiger partial charge in [-0.25, -0.2) is 0 Å². The highest BCUT2D eigenvalue weighted by molar-refractivity contribution is 7.98. The molecular formula is C16H11Cl2NOS. The molecule has 3 aromatic rings. The van der Waals surface area contributed by atoms with E-state index in [0.29, 0.717) is 26.6 Å². The molecule has 0 atom stereocenters. The summed E-state index contributed by atoms with van der Waals surface area (Å²) in [6, 6.07) is 10.9. The van der Waals surface area contributed by atoms with Crippen LogP contribution in [0.15, 0.2) is 47.5 Å². The Hall–Kier alpha value is -1.42. The number of benzene rings is 2. The second-order valence-electron chi connectivity index (χ2n) is 4.57. The van der Waals surface area contributed by atoms with Crippen LogP contribution in [0.4, 0.5) is 0 Å². The highest BCUT2D eigenvalue weighted by atomic mass is 35.5. The van der Waals surface area contributed by atoms with E-state index in [0.717, 1.165) is 10.4 Å². The smallest absolute Gasteiger partial charge is 0.195 e. The molecule has 106 valence electrons. The summed E-state index contributed by atoms with van der Waals surface area (Å²) in [7, 11) is 0. The minimum Gasteiger partial charge on any atom is -0.360 e. The predicted octanol–water partition coefficient (Wildman–Crippen LogP) is 5.43. The molecule has 0 saturated heterocycles. The van der Waals surface area contributed by atoms with Crippen molar-refractivity contribution in [3.05, 3.63) is 63.8 Å². The number of carbonyl (C=O) groups is 1. The number of thioether (sulfide) groups is 1. The first-order chi connectivity index (χ1) is 10.1. The Bertz CT molecular complexity index is 824. The van der Waals surface area contributed by atoms with Crippen LogP contribution in [0.5, 0.6) is 0 Å². The van der Waals surface area contributed by atoms with Gasteiger partial charge in [0.15, 0.2) is 5.78 Å². The topological polar surface area (TPSA) is 32.9 Å². The van der Waals surface area contributed by atoms with Gasteiger partial charge in [-0.05, 0) is 42.7 Å². The Morgan fingerprint density at radius 1 is 1.14 bits per heavy atom. The standard InChI is InChI=1S/C16H11Cl2NOS/c1-21-11-4-2-9(3-5-11)16(20)12-8-19-14-7-10(17)6-13(18)15(12)14/h2-8,19H,1H3. The number of carbonyl (C=O) groups excluding carboxylic acids is 1. The zero-order valence-corrected chi connectivity index (χ0v) is 13.4. The van der Waals surface area contributed by atoms with Crippen LogP contribution in [0, 0.1) is 0 Å². The number of aromatic amines is 1. The number of H-pyrrole nitrogens is 1. The molecule has 0 aliphatic carbocycles. The minimum absolute atomic E-state index is 0.0573. The molecule has 0 amide bonds. The number of hydrogen-bond acceptors (Lipinski definition) is 2. The Morgan fingerprint density at radius 3 is 2.52 bits per heavy atom. The van der Waals surface area contributed by atoms with Crippen molar-refractivity contribution in [1.82, 2.24) is 4.98 Å². The lowest BCUT2D eigenvalue weighted by molar-refractivity contribution is 0.104. The van der Waals surface area contributed by atoms with Crippen LogP contribution < -0.4 is 0 Å². The average Bonchev–Trinajstić information content (AvgIpc) is 2.90. The van der Waals surface area contributed by atoms with Crippen molar-refractivity contribution in [2.75, 3.05) is 6.26 Å². The van der Waals surface area contributed by atoms with E-state index in [1.807, 2.05) is 30.5 Å². The van der Waals surface area contributed by atoms with Gasteiger partial charge < -0.3 is 4.98 Å². The summed E-state index contributed by atoms with van der Waals surface area (Å²) in [6.45, 7) is 0. The number of fused-ring (bicyclic) bond motifs is 1. The van der Waals surface area contributed by atoms with Crippen LogP contribution >= 0.6 is 35.0 Å². The molecular weight excluding hydrogens is 325 g/mol. The zero-order valence-electron chi connectivity index (χ0n) is 11.1. The summed E-state index contributed by atoms with van der Waals surface area (Å²) >= 11 is 13.8. The molecule has 1 N–H and O–H groups in total. The lowest BCUT2D eigenvalue weighted by Crippen LogP contribution is -2.00. The van der Waals surface area contributed by atoms with Crippen molar-refractivity contribution in [3.63, 3.8) is 0 Å². The molecule has 21 heavy (non-hydrogen) atoms. The first-order valence-corrected chi connectivity index (χ1v) is 8.23. The molecule has 0 unspecified atom stereocenters. The molecule has 1 heterocycles. The molecule has 0 aliphatic heterocycles. The fourth-order valence-corrected chi connectivity index (χ4v) is 3.26. The highest BCUT2D eigenvalue weighted by Crippen LogP contribution is 2.31. The lowest BCUT2D eigenvalue weighted by Gasteiger charge is -2.03. The summed E-state index contributed by atoms with van der Waals surface area (Å²) in [6.07, 6.45) is 3.68. The van der Waals surface area contributed by atoms with Crippen LogP contribution in [-0.4, -0.2) is 17.0 Å². The van der Waals surface area contributed by atoms with E-state index in [1.165, 1.54) is 0 Å². The number of ketones is 1. The van der Waals surface area contributed by atoms with Gasteiger partial charge in [-0.15, -0.1) is 11.8 Å². The molecule has 0 saturated carbocycles. The molecule has 2 nitrogen and oxygen atoms in total. The van der Waals surface area contributed by atoms with Gasteiger partial charge in [-0.1, -0.05) is 23.2 Å². The van der Waals surface area contributed by atoms with E-state index in [1.54, 1.807) is 30.1 Å². The van der Waals surface area contributed by atoms with Crippen LogP contribution in [-0.2, 0) is 0 Å². The Labute approximate surface area is 136 Å². The maximum absolute atomic E-state index is 12.6. The molecule has 2 aromatic carbocycles. The van der Waals surface area contributed by atoms with Gasteiger partial charge in [0.1, 0.15) is 0 Å². The minimum atomic E-state index is -0.0573. The van der Waals surface area contributed by atoms with Crippen molar-refractivity contribution < 1.29 is 4.79 Å². The molecule has 0 radical (unpaired) electrons. The van der Waals surface area contributed by atoms with Crippen LogP contribution in [0.3, 0.4) is 0 Å². The van der Waals surface area contributed by atoms with Gasteiger partial charge in [0, 0.05) is 38.1 Å². The van der Waals surface area contributed by atoms with E-state index in [2.05, 4.69) is 4.98 Å². The highest BCUT2D eigenvalue weighted by Gasteiger charge is 2.17. The number of aromatic nitrogens is 1. The molecule has 1 aromatic heterocycles. The van der Waals surface area contributed by atoms with E-state index >= 15 is 0 Å². The maximum Gasteiger partial charge on any atom is 0.195 e. The number of halogens is 2. The number of rotatable bonds is 3. The van der Waals surface area contributed by atoms with E-state index in [4.69, 9.17) is 23.2 Å². The van der Waals surface area contributed by atoms with Crippen molar-refractivity contribution in [1.29, 1.82) is 0 Å². The van der Waals surface area contributed by atoms with Gasteiger partial charge in [0.2, 0.25) is 0 Å². The largest absolute Gasteiger partial charge is 0.360 e. The summed E-state index contributed by atoms with van der Waals surface area (Å²) in [5, 5.41) is 1.72. The molecule has 0 aliphatic rings. The second-order valence-corrected chi connectivity index (χ2v) is 6.29. The fraction of sp³-hybridized carbons (Fsp3) is 0.0625. The van der Waals surface area contributed by atoms with Gasteiger partial charge >= 0.3 is 0 Å². The lowest BCUT2D eigenvalue weighted by atomic mass is 10.0. The number of nitrogens with one attached hydrogen (secondary N) is 1. The summed E-state index contributed by atoms with van der Waals surface area (Å²) in [5.41, 5.74) is 1.96. The monoisotopic (exact) mass is 335 g/mol. The molecule has 3 rings (SSSR count). The average molecular weight is 336 g/mol. The van der Waals surface area contributed by atoms with Crippen LogP contribution in [0.25, 0.3) is 10.9 Å². The number of hydrogen-bond donors (Lipinski definition) is 1. The third-order valence-corrected chi connectivity index (χ3v) is 4.55. The molecule has 0 fully saturated rings. The summed E-state index contributed by atoms with van der Waals surface area (Å²) in [4.78, 5) is 16.8. The van der Waals surface area contributed by atoms with Crippen LogP contribution in [0.2, 0.25) is 10.0 Å². The third-order valence-electron chi connectivity index (χ3n) is 3.29. The molecule has 0 spiro atoms. The second kappa shape index (κ2) is 5.76. The van der Waals surface area contributed by atoms with E-state index in [-0.39, 0.29) is 5.78 Å². The first kappa shape index (κ1) is 14.5. The van der Waals surface area contributed by atoms with Gasteiger partial charge in [-0.2, -0.15) is 0 Å². The summed E-state index contributed by atoms with van der Waals surface area (Å²) < 4.78 is 0. The Balaban J connectivity index is 2.09. The molecule has 0 bridgehead atoms. The van der Waals surface area contributed by atoms with Gasteiger partial charge in [0.25, 0.3) is 0 Å². The van der Waals surface area contributed by atoms with Crippen molar-refractivity contribution in [2.45, 2.75) is 4.90 Å². The van der Waals surface area contributed by atoms with E-state index in [9.17, 15) is 4.79 Å². The normalized spacial score (nSPS) is 11.0. The summed E-state index contributed by atoms with van der Waals surface area (Å²) in [5.74, 6) is -0.0573. The molecule has 5 heteroatoms. The van der Waals surface area contributed by atoms with Gasteiger partial charge in [-0.3, -0.25) is 4.79 Å². The van der Waals surface area contributed by atoms with Gasteiger partial charge in [0.05, 0.1) is 5.02 Å². The SMILES string of the molecule is CSc1ccc(C(=O)c2c[nH]c3cc(Cl)cc(Cl)c23)cc1. The Kier molecular flexibility index (Phi) is 3.98. The predicted molar refractivity (Wildman–Crippen MR) is 90.0 cm³/mol. The van der Waals surface area contributed by atoms with Crippen molar-refractivity contribution in [2.24, 2.45) is 0 Å². The van der Waals surface area contributed by atoms with Crippen molar-refractivity contribution in [3.8, 4) is 0 Å².